The van der Waals surface area contributed by atoms with Gasteiger partial charge in [-0.05, 0) is 50.8 Å². The predicted octanol–water partition coefficient (Wildman–Crippen LogP) is 4.07. The van der Waals surface area contributed by atoms with Crippen LogP contribution in [0.1, 0.15) is 44.5 Å². The summed E-state index contributed by atoms with van der Waals surface area (Å²) in [6.45, 7) is 10.1. The molecule has 10 heteroatoms. The number of thioether (sulfide) groups is 1. The first-order chi connectivity index (χ1) is 15.6. The number of imidazole rings is 1. The molecular weight excluding hydrogens is 460 g/mol. The minimum atomic E-state index is -3.70. The largest absolute Gasteiger partial charge is 0.495 e. The number of aryl methyl sites for hydroxylation is 1. The Morgan fingerprint density at radius 3 is 2.55 bits per heavy atom. The van der Waals surface area contributed by atoms with Crippen molar-refractivity contribution in [2.75, 3.05) is 31.3 Å². The fourth-order valence-corrected chi connectivity index (χ4v) is 6.44. The lowest BCUT2D eigenvalue weighted by atomic mass is 10.2. The molecule has 1 aromatic heterocycles. The SMILES string of the molecule is COc1ccc(NC(=O)CSc2nc(C)c(C)n2CC(C)C)cc1S(=O)(=O)N1CCCCC1. The molecule has 0 unspecified atom stereocenters. The number of hydrogen-bond donors (Lipinski definition) is 1. The van der Waals surface area contributed by atoms with E-state index in [9.17, 15) is 13.2 Å². The smallest absolute Gasteiger partial charge is 0.246 e. The molecule has 0 saturated carbocycles. The molecule has 1 amide bonds. The van der Waals surface area contributed by atoms with Crippen molar-refractivity contribution in [2.45, 2.75) is 63.6 Å². The Morgan fingerprint density at radius 1 is 1.21 bits per heavy atom. The van der Waals surface area contributed by atoms with E-state index in [1.807, 2.05) is 13.8 Å². The lowest BCUT2D eigenvalue weighted by molar-refractivity contribution is -0.113. The molecule has 1 fully saturated rings. The summed E-state index contributed by atoms with van der Waals surface area (Å²) in [6, 6.07) is 4.73. The summed E-state index contributed by atoms with van der Waals surface area (Å²) < 4.78 is 35.3. The van der Waals surface area contributed by atoms with E-state index < -0.39 is 10.0 Å². The fraction of sp³-hybridized carbons (Fsp3) is 0.565. The van der Waals surface area contributed by atoms with E-state index >= 15 is 0 Å². The molecule has 0 aliphatic carbocycles. The van der Waals surface area contributed by atoms with Crippen molar-refractivity contribution in [1.29, 1.82) is 0 Å². The zero-order valence-electron chi connectivity index (χ0n) is 20.1. The molecule has 1 N–H and O–H groups in total. The molecule has 0 atom stereocenters. The number of carbonyl (C=O) groups is 1. The number of aromatic nitrogens is 2. The normalized spacial score (nSPS) is 15.1. The first kappa shape index (κ1) is 25.6. The van der Waals surface area contributed by atoms with Crippen molar-refractivity contribution in [3.05, 3.63) is 29.6 Å². The number of nitrogens with zero attached hydrogens (tertiary/aromatic N) is 3. The van der Waals surface area contributed by atoms with Gasteiger partial charge in [-0.1, -0.05) is 32.0 Å². The highest BCUT2D eigenvalue weighted by atomic mass is 32.2. The van der Waals surface area contributed by atoms with Crippen LogP contribution in [0.5, 0.6) is 5.75 Å². The quantitative estimate of drug-likeness (QED) is 0.528. The number of sulfonamides is 1. The molecule has 2 heterocycles. The standard InChI is InChI=1S/C23H34N4O4S2/c1-16(2)14-27-18(4)17(3)24-23(27)32-15-22(28)25-19-9-10-20(31-5)21(13-19)33(29,30)26-11-7-6-8-12-26/h9-10,13,16H,6-8,11-12,14-15H2,1-5H3,(H,25,28). The highest BCUT2D eigenvalue weighted by Gasteiger charge is 2.29. The Kier molecular flexibility index (Phi) is 8.47. The number of hydrogen-bond acceptors (Lipinski definition) is 6. The van der Waals surface area contributed by atoms with Crippen LogP contribution >= 0.6 is 11.8 Å². The lowest BCUT2D eigenvalue weighted by Gasteiger charge is -2.26. The number of benzene rings is 1. The Morgan fingerprint density at radius 2 is 1.91 bits per heavy atom. The molecule has 33 heavy (non-hydrogen) atoms. The van der Waals surface area contributed by atoms with Gasteiger partial charge in [-0.3, -0.25) is 4.79 Å². The number of rotatable bonds is 9. The van der Waals surface area contributed by atoms with Crippen LogP contribution in [0.4, 0.5) is 5.69 Å². The molecule has 2 aromatic rings. The molecule has 1 aromatic carbocycles. The van der Waals surface area contributed by atoms with Crippen molar-refractivity contribution >= 4 is 33.4 Å². The highest BCUT2D eigenvalue weighted by molar-refractivity contribution is 7.99. The summed E-state index contributed by atoms with van der Waals surface area (Å²) in [4.78, 5) is 17.4. The van der Waals surface area contributed by atoms with Crippen molar-refractivity contribution in [1.82, 2.24) is 13.9 Å². The first-order valence-corrected chi connectivity index (χ1v) is 13.7. The molecule has 1 aliphatic heterocycles. The van der Waals surface area contributed by atoms with Gasteiger partial charge in [-0.2, -0.15) is 4.31 Å². The summed E-state index contributed by atoms with van der Waals surface area (Å²) in [5, 5.41) is 3.64. The molecule has 0 bridgehead atoms. The number of piperidine rings is 1. The van der Waals surface area contributed by atoms with E-state index in [4.69, 9.17) is 4.74 Å². The minimum Gasteiger partial charge on any atom is -0.495 e. The van der Waals surface area contributed by atoms with E-state index in [0.29, 0.717) is 24.7 Å². The van der Waals surface area contributed by atoms with Crippen molar-refractivity contribution in [3.63, 3.8) is 0 Å². The van der Waals surface area contributed by atoms with Gasteiger partial charge in [0.25, 0.3) is 0 Å². The third-order valence-electron chi connectivity index (χ3n) is 5.68. The van der Waals surface area contributed by atoms with Crippen LogP contribution in [0, 0.1) is 19.8 Å². The number of ether oxygens (including phenoxy) is 1. The number of methoxy groups -OCH3 is 1. The number of amides is 1. The van der Waals surface area contributed by atoms with Crippen LogP contribution < -0.4 is 10.1 Å². The van der Waals surface area contributed by atoms with Crippen molar-refractivity contribution in [2.24, 2.45) is 5.92 Å². The van der Waals surface area contributed by atoms with Gasteiger partial charge < -0.3 is 14.6 Å². The Bertz CT molecular complexity index is 1090. The van der Waals surface area contributed by atoms with Crippen LogP contribution in [0.3, 0.4) is 0 Å². The Balaban J connectivity index is 1.73. The van der Waals surface area contributed by atoms with Gasteiger partial charge in [0.2, 0.25) is 15.9 Å². The zero-order chi connectivity index (χ0) is 24.2. The number of nitrogens with one attached hydrogen (secondary N) is 1. The second-order valence-electron chi connectivity index (χ2n) is 8.74. The minimum absolute atomic E-state index is 0.0797. The summed E-state index contributed by atoms with van der Waals surface area (Å²) in [5.41, 5.74) is 2.49. The monoisotopic (exact) mass is 494 g/mol. The molecule has 1 saturated heterocycles. The molecule has 3 rings (SSSR count). The third kappa shape index (κ3) is 6.10. The lowest BCUT2D eigenvalue weighted by Crippen LogP contribution is -2.35. The van der Waals surface area contributed by atoms with Gasteiger partial charge in [0.15, 0.2) is 5.16 Å². The molecular formula is C23H34N4O4S2. The third-order valence-corrected chi connectivity index (χ3v) is 8.58. The zero-order valence-corrected chi connectivity index (χ0v) is 21.7. The van der Waals surface area contributed by atoms with Crippen LogP contribution in [-0.2, 0) is 21.4 Å². The van der Waals surface area contributed by atoms with E-state index in [2.05, 4.69) is 28.7 Å². The van der Waals surface area contributed by atoms with Crippen LogP contribution in [-0.4, -0.2) is 54.1 Å². The summed E-state index contributed by atoms with van der Waals surface area (Å²) >= 11 is 1.38. The van der Waals surface area contributed by atoms with Crippen molar-refractivity contribution in [3.8, 4) is 5.75 Å². The maximum Gasteiger partial charge on any atom is 0.246 e. The van der Waals surface area contributed by atoms with Gasteiger partial charge in [-0.15, -0.1) is 0 Å². The molecule has 182 valence electrons. The van der Waals surface area contributed by atoms with Gasteiger partial charge in [0.1, 0.15) is 10.6 Å². The summed E-state index contributed by atoms with van der Waals surface area (Å²) in [6.07, 6.45) is 2.73. The summed E-state index contributed by atoms with van der Waals surface area (Å²) in [5.74, 6) is 0.689. The predicted molar refractivity (Wildman–Crippen MR) is 131 cm³/mol. The highest BCUT2D eigenvalue weighted by Crippen LogP contribution is 2.31. The van der Waals surface area contributed by atoms with Crippen molar-refractivity contribution < 1.29 is 17.9 Å². The second kappa shape index (κ2) is 10.9. The summed E-state index contributed by atoms with van der Waals surface area (Å²) in [7, 11) is -2.25. The van der Waals surface area contributed by atoms with Crippen LogP contribution in [0.2, 0.25) is 0 Å². The maximum atomic E-state index is 13.2. The Labute approximate surface area is 201 Å². The van der Waals surface area contributed by atoms with Crippen LogP contribution in [0.15, 0.2) is 28.3 Å². The maximum absolute atomic E-state index is 13.2. The average Bonchev–Trinajstić information content (AvgIpc) is 3.05. The van der Waals surface area contributed by atoms with E-state index in [-0.39, 0.29) is 22.3 Å². The fourth-order valence-electron chi connectivity index (χ4n) is 3.84. The van der Waals surface area contributed by atoms with Gasteiger partial charge in [0.05, 0.1) is 18.6 Å². The molecule has 1 aliphatic rings. The van der Waals surface area contributed by atoms with E-state index in [0.717, 1.165) is 42.4 Å². The molecule has 8 nitrogen and oxygen atoms in total. The van der Waals surface area contributed by atoms with Gasteiger partial charge in [0, 0.05) is 31.0 Å². The average molecular weight is 495 g/mol. The Hall–Kier alpha value is -2.04. The second-order valence-corrected chi connectivity index (χ2v) is 11.6. The topological polar surface area (TPSA) is 93.5 Å². The van der Waals surface area contributed by atoms with Gasteiger partial charge in [-0.25, -0.2) is 13.4 Å². The van der Waals surface area contributed by atoms with Crippen LogP contribution in [0.25, 0.3) is 0 Å². The molecule has 0 spiro atoms. The number of anilines is 1. The van der Waals surface area contributed by atoms with E-state index in [1.54, 1.807) is 12.1 Å². The van der Waals surface area contributed by atoms with Gasteiger partial charge >= 0.3 is 0 Å². The first-order valence-electron chi connectivity index (χ1n) is 11.3. The molecule has 0 radical (unpaired) electrons. The van der Waals surface area contributed by atoms with E-state index in [1.165, 1.54) is 29.2 Å². The number of carbonyl (C=O) groups excluding carboxylic acids is 1.